The molecule has 23 heavy (non-hydrogen) atoms. The molecule has 1 aromatic carbocycles. The fourth-order valence-electron chi connectivity index (χ4n) is 3.62. The number of amides is 1. The Labute approximate surface area is 139 Å². The maximum absolute atomic E-state index is 12.6. The zero-order chi connectivity index (χ0) is 15.9. The third-order valence-corrected chi connectivity index (χ3v) is 4.99. The number of benzene rings is 1. The zero-order valence-corrected chi connectivity index (χ0v) is 14.0. The van der Waals surface area contributed by atoms with Crippen molar-refractivity contribution in [3.05, 3.63) is 35.9 Å². The average Bonchev–Trinajstić information content (AvgIpc) is 2.58. The number of hydrogen-bond donors (Lipinski definition) is 0. The lowest BCUT2D eigenvalue weighted by Crippen LogP contribution is -2.56. The minimum absolute atomic E-state index is 0.121. The number of carbonyl (C=O) groups excluding carboxylic acids is 1. The fraction of sp³-hybridized carbons (Fsp3) is 0.600. The summed E-state index contributed by atoms with van der Waals surface area (Å²) in [5, 5.41) is 0. The zero-order valence-electron chi connectivity index (χ0n) is 14.0. The highest BCUT2D eigenvalue weighted by atomic mass is 16.2. The maximum atomic E-state index is 12.6. The number of fused-ring (bicyclic) bond motifs is 1. The van der Waals surface area contributed by atoms with Crippen LogP contribution < -0.4 is 0 Å². The van der Waals surface area contributed by atoms with Gasteiger partial charge >= 0.3 is 0 Å². The molecule has 2 heterocycles. The van der Waals surface area contributed by atoms with E-state index in [1.807, 2.05) is 35.2 Å². The van der Waals surface area contributed by atoms with Gasteiger partial charge in [0.15, 0.2) is 0 Å². The Morgan fingerprint density at radius 3 is 2.13 bits per heavy atom. The molecule has 1 unspecified atom stereocenters. The predicted molar refractivity (Wildman–Crippen MR) is 94.8 cm³/mol. The van der Waals surface area contributed by atoms with Gasteiger partial charge in [-0.05, 0) is 18.4 Å². The van der Waals surface area contributed by atoms with E-state index in [9.17, 15) is 4.79 Å². The minimum Gasteiger partial charge on any atom is -0.299 e. The molecule has 0 aliphatic carbocycles. The molecule has 1 fully saturated rings. The van der Waals surface area contributed by atoms with Crippen molar-refractivity contribution in [2.24, 2.45) is 4.99 Å². The van der Waals surface area contributed by atoms with Crippen LogP contribution in [-0.2, 0) is 4.79 Å². The summed E-state index contributed by atoms with van der Waals surface area (Å²) in [6.07, 6.45) is 11.5. The van der Waals surface area contributed by atoms with E-state index in [1.54, 1.807) is 0 Å². The highest BCUT2D eigenvalue weighted by Crippen LogP contribution is 2.32. The highest BCUT2D eigenvalue weighted by molar-refractivity contribution is 6.24. The first-order valence-electron chi connectivity index (χ1n) is 9.28. The molecule has 3 heteroatoms. The Kier molecular flexibility index (Phi) is 5.84. The van der Waals surface area contributed by atoms with Crippen LogP contribution in [0.1, 0.15) is 69.3 Å². The Hall–Kier alpha value is -1.64. The number of carbonyl (C=O) groups is 1. The molecular formula is C20H28N2O. The summed E-state index contributed by atoms with van der Waals surface area (Å²) in [7, 11) is 0. The van der Waals surface area contributed by atoms with Gasteiger partial charge in [0.05, 0.1) is 0 Å². The van der Waals surface area contributed by atoms with Crippen LogP contribution in [-0.4, -0.2) is 29.7 Å². The molecule has 1 amide bonds. The van der Waals surface area contributed by atoms with E-state index in [4.69, 9.17) is 4.99 Å². The van der Waals surface area contributed by atoms with Crippen LogP contribution >= 0.6 is 0 Å². The average molecular weight is 312 g/mol. The van der Waals surface area contributed by atoms with Gasteiger partial charge < -0.3 is 0 Å². The summed E-state index contributed by atoms with van der Waals surface area (Å²) in [5.41, 5.74) is 1.09. The third-order valence-electron chi connectivity index (χ3n) is 4.99. The van der Waals surface area contributed by atoms with Crippen LogP contribution in [0, 0.1) is 0 Å². The lowest BCUT2D eigenvalue weighted by molar-refractivity contribution is -0.132. The summed E-state index contributed by atoms with van der Waals surface area (Å²) in [5.74, 6) is 1.13. The molecule has 0 saturated carbocycles. The number of nitrogens with zero attached hydrogens (tertiary/aromatic N) is 2. The highest BCUT2D eigenvalue weighted by Gasteiger charge is 2.44. The second-order valence-corrected chi connectivity index (χ2v) is 6.76. The van der Waals surface area contributed by atoms with Crippen LogP contribution in [0.25, 0.3) is 0 Å². The fourth-order valence-corrected chi connectivity index (χ4v) is 3.62. The van der Waals surface area contributed by atoms with E-state index in [2.05, 4.69) is 0 Å². The van der Waals surface area contributed by atoms with Crippen LogP contribution in [0.5, 0.6) is 0 Å². The molecule has 0 aromatic heterocycles. The van der Waals surface area contributed by atoms with Gasteiger partial charge in [-0.15, -0.1) is 0 Å². The molecule has 1 atom stereocenters. The van der Waals surface area contributed by atoms with Crippen molar-refractivity contribution in [1.29, 1.82) is 0 Å². The molecule has 0 N–H and O–H groups in total. The van der Waals surface area contributed by atoms with Gasteiger partial charge in [-0.25, -0.2) is 0 Å². The summed E-state index contributed by atoms with van der Waals surface area (Å²) in [6.45, 7) is 1.71. The van der Waals surface area contributed by atoms with Gasteiger partial charge in [0.1, 0.15) is 11.8 Å². The number of aliphatic imine (C=N–C) groups is 1. The SMILES string of the molecule is O=C1C(c2ccccc2)C2=NCCCCCCCCCCCN12. The van der Waals surface area contributed by atoms with Crippen molar-refractivity contribution in [2.75, 3.05) is 13.1 Å². The molecule has 2 aliphatic heterocycles. The number of rotatable bonds is 1. The second kappa shape index (κ2) is 8.28. The molecular weight excluding hydrogens is 284 g/mol. The maximum Gasteiger partial charge on any atom is 0.243 e. The first-order valence-corrected chi connectivity index (χ1v) is 9.28. The standard InChI is InChI=1S/C20H28N2O/c23-20-18(17-13-9-8-10-14-17)19-21-15-11-6-4-2-1-3-5-7-12-16-22(19)20/h8-10,13-14,18H,1-7,11-12,15-16H2. The number of amidine groups is 1. The van der Waals surface area contributed by atoms with E-state index < -0.39 is 0 Å². The summed E-state index contributed by atoms with van der Waals surface area (Å²) < 4.78 is 0. The van der Waals surface area contributed by atoms with Crippen molar-refractivity contribution < 1.29 is 4.79 Å². The van der Waals surface area contributed by atoms with E-state index in [-0.39, 0.29) is 11.8 Å². The number of hydrogen-bond acceptors (Lipinski definition) is 2. The molecule has 1 saturated heterocycles. The molecule has 0 bridgehead atoms. The molecule has 0 radical (unpaired) electrons. The third kappa shape index (κ3) is 4.01. The van der Waals surface area contributed by atoms with Crippen molar-refractivity contribution in [3.8, 4) is 0 Å². The normalized spacial score (nSPS) is 24.2. The molecule has 3 nitrogen and oxygen atoms in total. The largest absolute Gasteiger partial charge is 0.299 e. The molecule has 124 valence electrons. The van der Waals surface area contributed by atoms with Crippen LogP contribution in [0.2, 0.25) is 0 Å². The Morgan fingerprint density at radius 2 is 1.43 bits per heavy atom. The van der Waals surface area contributed by atoms with Crippen LogP contribution in [0.4, 0.5) is 0 Å². The van der Waals surface area contributed by atoms with Crippen LogP contribution in [0.3, 0.4) is 0 Å². The minimum atomic E-state index is -0.121. The quantitative estimate of drug-likeness (QED) is 0.701. The van der Waals surface area contributed by atoms with Crippen molar-refractivity contribution >= 4 is 11.7 Å². The molecule has 3 rings (SSSR count). The lowest BCUT2D eigenvalue weighted by Gasteiger charge is -2.40. The van der Waals surface area contributed by atoms with E-state index in [0.29, 0.717) is 0 Å². The Morgan fingerprint density at radius 1 is 0.826 bits per heavy atom. The Balaban J connectivity index is 1.70. The van der Waals surface area contributed by atoms with Crippen molar-refractivity contribution in [3.63, 3.8) is 0 Å². The van der Waals surface area contributed by atoms with E-state index >= 15 is 0 Å². The summed E-state index contributed by atoms with van der Waals surface area (Å²) in [6, 6.07) is 10.1. The monoisotopic (exact) mass is 312 g/mol. The van der Waals surface area contributed by atoms with E-state index in [0.717, 1.165) is 37.3 Å². The molecule has 1 aromatic rings. The van der Waals surface area contributed by atoms with E-state index in [1.165, 1.54) is 44.9 Å². The predicted octanol–water partition coefficient (Wildman–Crippen LogP) is 4.54. The van der Waals surface area contributed by atoms with Crippen molar-refractivity contribution in [1.82, 2.24) is 4.90 Å². The molecule has 0 spiro atoms. The summed E-state index contributed by atoms with van der Waals surface area (Å²) >= 11 is 0. The topological polar surface area (TPSA) is 32.7 Å². The van der Waals surface area contributed by atoms with Gasteiger partial charge in [-0.3, -0.25) is 14.7 Å². The lowest BCUT2D eigenvalue weighted by atomic mass is 9.88. The second-order valence-electron chi connectivity index (χ2n) is 6.76. The smallest absolute Gasteiger partial charge is 0.243 e. The first kappa shape index (κ1) is 16.2. The molecule has 2 aliphatic rings. The van der Waals surface area contributed by atoms with Crippen LogP contribution in [0.15, 0.2) is 35.3 Å². The summed E-state index contributed by atoms with van der Waals surface area (Å²) in [4.78, 5) is 19.3. The van der Waals surface area contributed by atoms with Crippen molar-refractivity contribution in [2.45, 2.75) is 63.7 Å². The van der Waals surface area contributed by atoms with Gasteiger partial charge in [-0.2, -0.15) is 0 Å². The first-order chi connectivity index (χ1) is 11.4. The van der Waals surface area contributed by atoms with Gasteiger partial charge in [0.25, 0.3) is 0 Å². The number of β-lactam (4-membered cyclic amide) rings is 1. The van der Waals surface area contributed by atoms with Gasteiger partial charge in [0, 0.05) is 13.1 Å². The van der Waals surface area contributed by atoms with Gasteiger partial charge in [-0.1, -0.05) is 75.3 Å². The Bertz CT molecular complexity index is 538. The van der Waals surface area contributed by atoms with Gasteiger partial charge in [0.2, 0.25) is 5.91 Å².